The van der Waals surface area contributed by atoms with E-state index in [0.29, 0.717) is 0 Å². The van der Waals surface area contributed by atoms with E-state index >= 15 is 0 Å². The lowest BCUT2D eigenvalue weighted by atomic mass is 10.1. The van der Waals surface area contributed by atoms with Gasteiger partial charge in [0, 0.05) is 11.1 Å². The summed E-state index contributed by atoms with van der Waals surface area (Å²) in [6.07, 6.45) is 3.11. The van der Waals surface area contributed by atoms with Crippen LogP contribution in [0.5, 0.6) is 0 Å². The van der Waals surface area contributed by atoms with Crippen LogP contribution >= 0.6 is 0 Å². The zero-order chi connectivity index (χ0) is 14.2. The lowest BCUT2D eigenvalue weighted by molar-refractivity contribution is 0.572. The first-order valence-electron chi connectivity index (χ1n) is 6.42. The van der Waals surface area contributed by atoms with E-state index in [1.807, 2.05) is 42.5 Å². The van der Waals surface area contributed by atoms with Crippen LogP contribution in [-0.4, -0.2) is 19.6 Å². The number of anilines is 1. The molecule has 3 aromatic heterocycles. The predicted molar refractivity (Wildman–Crippen MR) is 78.3 cm³/mol. The first kappa shape index (κ1) is 11.7. The molecule has 3 heterocycles. The first-order chi connectivity index (χ1) is 10.3. The number of hydrogen-bond acceptors (Lipinski definition) is 5. The van der Waals surface area contributed by atoms with Crippen molar-refractivity contribution in [2.75, 3.05) is 5.73 Å². The molecule has 2 N–H and O–H groups in total. The summed E-state index contributed by atoms with van der Waals surface area (Å²) in [7, 11) is 0. The van der Waals surface area contributed by atoms with Gasteiger partial charge in [-0.3, -0.25) is 0 Å². The molecule has 0 aliphatic heterocycles. The number of benzene rings is 1. The topological polar surface area (TPSA) is 82.2 Å². The highest BCUT2D eigenvalue weighted by Crippen LogP contribution is 2.25. The molecule has 0 amide bonds. The third-order valence-electron chi connectivity index (χ3n) is 3.27. The molecule has 0 bridgehead atoms. The Bertz CT molecular complexity index is 894. The molecule has 21 heavy (non-hydrogen) atoms. The second-order valence-electron chi connectivity index (χ2n) is 4.59. The number of fused-ring (bicyclic) bond motifs is 1. The molecule has 0 aliphatic carbocycles. The molecule has 4 aromatic rings. The van der Waals surface area contributed by atoms with Gasteiger partial charge < -0.3 is 10.2 Å². The van der Waals surface area contributed by atoms with E-state index < -0.39 is 0 Å². The molecule has 4 rings (SSSR count). The summed E-state index contributed by atoms with van der Waals surface area (Å²) in [6, 6.07) is 13.8. The number of nitrogens with zero attached hydrogens (tertiary/aromatic N) is 4. The number of oxazole rings is 1. The Balaban J connectivity index is 1.82. The van der Waals surface area contributed by atoms with Crippen molar-refractivity contribution in [3.05, 3.63) is 55.1 Å². The van der Waals surface area contributed by atoms with Crippen molar-refractivity contribution >= 4 is 11.6 Å². The van der Waals surface area contributed by atoms with Crippen LogP contribution in [0.4, 0.5) is 5.95 Å². The van der Waals surface area contributed by atoms with Crippen LogP contribution < -0.4 is 5.73 Å². The number of pyridine rings is 1. The quantitative estimate of drug-likeness (QED) is 0.609. The SMILES string of the molecule is Nc1nc2cccc(-c3ccc(-c4cnco4)cc3)n2n1. The molecule has 0 aliphatic rings. The number of hydrogen-bond donors (Lipinski definition) is 1. The average Bonchev–Trinajstić information content (AvgIpc) is 3.15. The highest BCUT2D eigenvalue weighted by atomic mass is 16.3. The Kier molecular flexibility index (Phi) is 2.47. The maximum Gasteiger partial charge on any atom is 0.240 e. The molecular formula is C15H11N5O. The van der Waals surface area contributed by atoms with Gasteiger partial charge in [0.15, 0.2) is 17.8 Å². The van der Waals surface area contributed by atoms with Gasteiger partial charge in [0.2, 0.25) is 5.95 Å². The molecule has 1 aromatic carbocycles. The molecule has 0 saturated heterocycles. The van der Waals surface area contributed by atoms with E-state index in [9.17, 15) is 0 Å². The third-order valence-corrected chi connectivity index (χ3v) is 3.27. The van der Waals surface area contributed by atoms with Crippen LogP contribution in [0.3, 0.4) is 0 Å². The van der Waals surface area contributed by atoms with Crippen LogP contribution in [0, 0.1) is 0 Å². The van der Waals surface area contributed by atoms with Gasteiger partial charge in [-0.25, -0.2) is 9.50 Å². The summed E-state index contributed by atoms with van der Waals surface area (Å²) in [5.41, 5.74) is 9.32. The van der Waals surface area contributed by atoms with E-state index in [1.54, 1.807) is 10.7 Å². The summed E-state index contributed by atoms with van der Waals surface area (Å²) in [5.74, 6) is 1.01. The van der Waals surface area contributed by atoms with Gasteiger partial charge >= 0.3 is 0 Å². The van der Waals surface area contributed by atoms with Crippen molar-refractivity contribution in [1.82, 2.24) is 19.6 Å². The number of rotatable bonds is 2. The second-order valence-corrected chi connectivity index (χ2v) is 4.59. The molecule has 0 atom stereocenters. The van der Waals surface area contributed by atoms with Gasteiger partial charge in [0.25, 0.3) is 0 Å². The summed E-state index contributed by atoms with van der Waals surface area (Å²) in [6.45, 7) is 0. The monoisotopic (exact) mass is 277 g/mol. The maximum absolute atomic E-state index is 5.66. The van der Waals surface area contributed by atoms with E-state index in [1.165, 1.54) is 6.39 Å². The molecule has 0 fully saturated rings. The van der Waals surface area contributed by atoms with Crippen molar-refractivity contribution in [2.24, 2.45) is 0 Å². The zero-order valence-corrected chi connectivity index (χ0v) is 11.0. The van der Waals surface area contributed by atoms with E-state index in [2.05, 4.69) is 15.1 Å². The van der Waals surface area contributed by atoms with Crippen molar-refractivity contribution in [2.45, 2.75) is 0 Å². The molecule has 6 heteroatoms. The minimum Gasteiger partial charge on any atom is -0.444 e. The average molecular weight is 277 g/mol. The fourth-order valence-electron chi connectivity index (χ4n) is 2.30. The van der Waals surface area contributed by atoms with Crippen LogP contribution in [-0.2, 0) is 0 Å². The van der Waals surface area contributed by atoms with Gasteiger partial charge in [-0.15, -0.1) is 5.10 Å². The highest BCUT2D eigenvalue weighted by molar-refractivity contribution is 5.67. The summed E-state index contributed by atoms with van der Waals surface area (Å²) < 4.78 is 7.02. The molecule has 0 unspecified atom stereocenters. The van der Waals surface area contributed by atoms with Gasteiger partial charge in [-0.1, -0.05) is 30.3 Å². The van der Waals surface area contributed by atoms with Crippen molar-refractivity contribution in [3.8, 4) is 22.6 Å². The number of nitrogen functional groups attached to an aromatic ring is 1. The molecule has 6 nitrogen and oxygen atoms in total. The Hall–Kier alpha value is -3.15. The van der Waals surface area contributed by atoms with Crippen molar-refractivity contribution < 1.29 is 4.42 Å². The fourth-order valence-corrected chi connectivity index (χ4v) is 2.30. The van der Waals surface area contributed by atoms with Crippen LogP contribution in [0.15, 0.2) is 59.5 Å². The van der Waals surface area contributed by atoms with E-state index in [0.717, 1.165) is 28.2 Å². The van der Waals surface area contributed by atoms with Crippen LogP contribution in [0.2, 0.25) is 0 Å². The highest BCUT2D eigenvalue weighted by Gasteiger charge is 2.08. The Morgan fingerprint density at radius 1 is 1.00 bits per heavy atom. The van der Waals surface area contributed by atoms with Gasteiger partial charge in [-0.2, -0.15) is 4.98 Å². The Morgan fingerprint density at radius 2 is 1.81 bits per heavy atom. The Morgan fingerprint density at radius 3 is 2.57 bits per heavy atom. The normalized spacial score (nSPS) is 11.0. The first-order valence-corrected chi connectivity index (χ1v) is 6.42. The van der Waals surface area contributed by atoms with Gasteiger partial charge in [-0.05, 0) is 12.1 Å². The molecule has 102 valence electrons. The fraction of sp³-hybridized carbons (Fsp3) is 0. The van der Waals surface area contributed by atoms with E-state index in [4.69, 9.17) is 10.2 Å². The summed E-state index contributed by atoms with van der Waals surface area (Å²) in [4.78, 5) is 8.08. The van der Waals surface area contributed by atoms with Crippen LogP contribution in [0.25, 0.3) is 28.2 Å². The predicted octanol–water partition coefficient (Wildman–Crippen LogP) is 2.63. The smallest absolute Gasteiger partial charge is 0.240 e. The Labute approximate surface area is 119 Å². The minimum atomic E-state index is 0.265. The third kappa shape index (κ3) is 1.93. The van der Waals surface area contributed by atoms with Crippen molar-refractivity contribution in [3.63, 3.8) is 0 Å². The van der Waals surface area contributed by atoms with Crippen LogP contribution in [0.1, 0.15) is 0 Å². The van der Waals surface area contributed by atoms with Gasteiger partial charge in [0.05, 0.1) is 11.9 Å². The lowest BCUT2D eigenvalue weighted by Gasteiger charge is -2.04. The second kappa shape index (κ2) is 4.45. The maximum atomic E-state index is 5.66. The molecule has 0 spiro atoms. The van der Waals surface area contributed by atoms with E-state index in [-0.39, 0.29) is 5.95 Å². The summed E-state index contributed by atoms with van der Waals surface area (Å²) in [5, 5.41) is 4.22. The largest absolute Gasteiger partial charge is 0.444 e. The lowest BCUT2D eigenvalue weighted by Crippen LogP contribution is -1.94. The number of aromatic nitrogens is 4. The standard InChI is InChI=1S/C15H11N5O/c16-15-18-14-3-1-2-12(20(14)19-15)10-4-6-11(7-5-10)13-8-17-9-21-13/h1-9H,(H2,16,19). The molecule has 0 saturated carbocycles. The minimum absolute atomic E-state index is 0.265. The number of nitrogens with two attached hydrogens (primary N) is 1. The molecule has 0 radical (unpaired) electrons. The van der Waals surface area contributed by atoms with Gasteiger partial charge in [0.1, 0.15) is 0 Å². The zero-order valence-electron chi connectivity index (χ0n) is 11.0. The van der Waals surface area contributed by atoms with Crippen molar-refractivity contribution in [1.29, 1.82) is 0 Å². The summed E-state index contributed by atoms with van der Waals surface area (Å²) >= 11 is 0. The molecular weight excluding hydrogens is 266 g/mol.